The van der Waals surface area contributed by atoms with Crippen molar-refractivity contribution in [2.75, 3.05) is 0 Å². The first-order valence-electron chi connectivity index (χ1n) is 2.20. The molecule has 0 rings (SSSR count). The average Bonchev–Trinajstić information content (AvgIpc) is 1.72. The van der Waals surface area contributed by atoms with Crippen LogP contribution >= 0.6 is 12.8 Å². The van der Waals surface area contributed by atoms with E-state index in [9.17, 15) is 4.79 Å². The molecule has 0 amide bonds. The molecule has 0 aliphatic heterocycles. The molecule has 3 heteroatoms. The Labute approximate surface area is 48.8 Å². The zero-order valence-electron chi connectivity index (χ0n) is 4.22. The number of thiol groups is 1. The highest BCUT2D eigenvalue weighted by Crippen LogP contribution is 1.84. The maximum absolute atomic E-state index is 9.86. The summed E-state index contributed by atoms with van der Waals surface area (Å²) in [5.41, 5.74) is 0. The SMILES string of the molecule is CCC(C=O)NS. The van der Waals surface area contributed by atoms with Gasteiger partial charge in [0.25, 0.3) is 0 Å². The van der Waals surface area contributed by atoms with Gasteiger partial charge in [-0.1, -0.05) is 19.7 Å². The Morgan fingerprint density at radius 2 is 2.57 bits per heavy atom. The van der Waals surface area contributed by atoms with E-state index in [0.29, 0.717) is 0 Å². The molecule has 0 heterocycles. The molecule has 0 bridgehead atoms. The number of aldehydes is 1. The highest BCUT2D eigenvalue weighted by molar-refractivity contribution is 7.78. The lowest BCUT2D eigenvalue weighted by atomic mass is 10.3. The predicted molar refractivity (Wildman–Crippen MR) is 32.3 cm³/mol. The summed E-state index contributed by atoms with van der Waals surface area (Å²) in [7, 11) is 0. The van der Waals surface area contributed by atoms with Gasteiger partial charge in [0.15, 0.2) is 0 Å². The number of nitrogens with one attached hydrogen (secondary N) is 1. The van der Waals surface area contributed by atoms with Crippen molar-refractivity contribution in [3.8, 4) is 0 Å². The molecule has 2 nitrogen and oxygen atoms in total. The third kappa shape index (κ3) is 2.65. The summed E-state index contributed by atoms with van der Waals surface area (Å²) in [6, 6.07) is -0.0802. The van der Waals surface area contributed by atoms with Crippen molar-refractivity contribution in [2.45, 2.75) is 19.4 Å². The minimum Gasteiger partial charge on any atom is -0.302 e. The van der Waals surface area contributed by atoms with Crippen LogP contribution in [0.1, 0.15) is 13.3 Å². The van der Waals surface area contributed by atoms with Gasteiger partial charge in [-0.05, 0) is 6.42 Å². The van der Waals surface area contributed by atoms with Crippen LogP contribution in [0.25, 0.3) is 0 Å². The molecule has 0 aromatic heterocycles. The molecule has 7 heavy (non-hydrogen) atoms. The summed E-state index contributed by atoms with van der Waals surface area (Å²) in [6.07, 6.45) is 1.64. The van der Waals surface area contributed by atoms with Gasteiger partial charge >= 0.3 is 0 Å². The molecule has 0 aromatic rings. The van der Waals surface area contributed by atoms with Crippen molar-refractivity contribution >= 4 is 19.1 Å². The highest BCUT2D eigenvalue weighted by atomic mass is 32.1. The van der Waals surface area contributed by atoms with E-state index in [1.165, 1.54) is 0 Å². The second-order valence-electron chi connectivity index (χ2n) is 1.28. The number of hydrogen-bond acceptors (Lipinski definition) is 3. The summed E-state index contributed by atoms with van der Waals surface area (Å²) < 4.78 is 2.53. The van der Waals surface area contributed by atoms with E-state index in [1.807, 2.05) is 6.92 Å². The van der Waals surface area contributed by atoms with Crippen LogP contribution in [-0.2, 0) is 4.79 Å². The molecule has 0 aliphatic rings. The van der Waals surface area contributed by atoms with Gasteiger partial charge < -0.3 is 4.79 Å². The Bertz CT molecular complexity index is 53.7. The molecule has 0 saturated heterocycles. The third-order valence-corrected chi connectivity index (χ3v) is 1.10. The number of carbonyl (C=O) groups is 1. The molecule has 1 unspecified atom stereocenters. The number of hydrogen-bond donors (Lipinski definition) is 2. The van der Waals surface area contributed by atoms with Gasteiger partial charge in [0.2, 0.25) is 0 Å². The van der Waals surface area contributed by atoms with Crippen LogP contribution in [0, 0.1) is 0 Å². The molecule has 0 saturated carbocycles. The molecule has 0 spiro atoms. The first kappa shape index (κ1) is 6.98. The molecule has 1 N–H and O–H groups in total. The van der Waals surface area contributed by atoms with E-state index < -0.39 is 0 Å². The molecule has 0 radical (unpaired) electrons. The quantitative estimate of drug-likeness (QED) is 0.416. The Kier molecular flexibility index (Phi) is 4.14. The normalized spacial score (nSPS) is 13.4. The van der Waals surface area contributed by atoms with E-state index in [2.05, 4.69) is 17.5 Å². The lowest BCUT2D eigenvalue weighted by Crippen LogP contribution is -2.20. The van der Waals surface area contributed by atoms with E-state index in [0.717, 1.165) is 12.7 Å². The fourth-order valence-corrected chi connectivity index (χ4v) is 0.461. The third-order valence-electron chi connectivity index (χ3n) is 0.770. The summed E-state index contributed by atoms with van der Waals surface area (Å²) in [4.78, 5) is 9.86. The lowest BCUT2D eigenvalue weighted by molar-refractivity contribution is -0.109. The Morgan fingerprint density at radius 1 is 2.00 bits per heavy atom. The molecule has 0 aliphatic carbocycles. The molecular weight excluding hydrogens is 110 g/mol. The van der Waals surface area contributed by atoms with Crippen LogP contribution < -0.4 is 4.72 Å². The fraction of sp³-hybridized carbons (Fsp3) is 0.750. The van der Waals surface area contributed by atoms with Crippen LogP contribution in [0.3, 0.4) is 0 Å². The lowest BCUT2D eigenvalue weighted by Gasteiger charge is -1.99. The maximum atomic E-state index is 9.86. The van der Waals surface area contributed by atoms with Crippen molar-refractivity contribution in [2.24, 2.45) is 0 Å². The molecule has 0 fully saturated rings. The Hall–Kier alpha value is -0.0200. The molecule has 1 atom stereocenters. The summed E-state index contributed by atoms with van der Waals surface area (Å²) in [5.74, 6) is 0. The number of rotatable bonds is 3. The van der Waals surface area contributed by atoms with Crippen molar-refractivity contribution in [1.82, 2.24) is 4.72 Å². The van der Waals surface area contributed by atoms with Crippen LogP contribution in [-0.4, -0.2) is 12.3 Å². The van der Waals surface area contributed by atoms with Crippen molar-refractivity contribution in [3.63, 3.8) is 0 Å². The maximum Gasteiger partial charge on any atom is 0.137 e. The van der Waals surface area contributed by atoms with Crippen molar-refractivity contribution < 1.29 is 4.79 Å². The highest BCUT2D eigenvalue weighted by Gasteiger charge is 1.95. The van der Waals surface area contributed by atoms with E-state index in [-0.39, 0.29) is 6.04 Å². The zero-order chi connectivity index (χ0) is 5.70. The van der Waals surface area contributed by atoms with Gasteiger partial charge in [-0.15, -0.1) is 0 Å². The smallest absolute Gasteiger partial charge is 0.137 e. The van der Waals surface area contributed by atoms with E-state index >= 15 is 0 Å². The van der Waals surface area contributed by atoms with E-state index in [1.54, 1.807) is 0 Å². The first-order valence-corrected chi connectivity index (χ1v) is 2.64. The van der Waals surface area contributed by atoms with Gasteiger partial charge in [-0.2, -0.15) is 0 Å². The monoisotopic (exact) mass is 119 g/mol. The topological polar surface area (TPSA) is 29.1 Å². The van der Waals surface area contributed by atoms with Gasteiger partial charge in [-0.3, -0.25) is 4.72 Å². The summed E-state index contributed by atoms with van der Waals surface area (Å²) in [6.45, 7) is 1.92. The van der Waals surface area contributed by atoms with Gasteiger partial charge in [0.1, 0.15) is 6.29 Å². The standard InChI is InChI=1S/C4H9NOS/c1-2-4(3-6)5-7/h3-5,7H,2H2,1H3. The average molecular weight is 119 g/mol. The Morgan fingerprint density at radius 3 is 2.57 bits per heavy atom. The van der Waals surface area contributed by atoms with Gasteiger partial charge in [0.05, 0.1) is 6.04 Å². The zero-order valence-corrected chi connectivity index (χ0v) is 5.11. The largest absolute Gasteiger partial charge is 0.302 e. The number of carbonyl (C=O) groups excluding carboxylic acids is 1. The minimum atomic E-state index is -0.0802. The second kappa shape index (κ2) is 4.15. The Balaban J connectivity index is 3.16. The summed E-state index contributed by atoms with van der Waals surface area (Å²) >= 11 is 3.69. The molecule has 0 aromatic carbocycles. The molecular formula is C4H9NOS. The van der Waals surface area contributed by atoms with Gasteiger partial charge in [-0.25, -0.2) is 0 Å². The first-order chi connectivity index (χ1) is 3.35. The van der Waals surface area contributed by atoms with Crippen LogP contribution in [0.15, 0.2) is 0 Å². The van der Waals surface area contributed by atoms with Gasteiger partial charge in [0, 0.05) is 0 Å². The van der Waals surface area contributed by atoms with Crippen molar-refractivity contribution in [3.05, 3.63) is 0 Å². The van der Waals surface area contributed by atoms with E-state index in [4.69, 9.17) is 0 Å². The minimum absolute atomic E-state index is 0.0802. The summed E-state index contributed by atoms with van der Waals surface area (Å²) in [5, 5.41) is 0. The predicted octanol–water partition coefficient (Wildman–Crippen LogP) is 0.398. The fourth-order valence-electron chi connectivity index (χ4n) is 0.218. The van der Waals surface area contributed by atoms with Crippen LogP contribution in [0.4, 0.5) is 0 Å². The van der Waals surface area contributed by atoms with Crippen molar-refractivity contribution in [1.29, 1.82) is 0 Å². The van der Waals surface area contributed by atoms with Crippen LogP contribution in [0.2, 0.25) is 0 Å². The molecule has 42 valence electrons. The second-order valence-corrected chi connectivity index (χ2v) is 1.54. The van der Waals surface area contributed by atoms with Crippen LogP contribution in [0.5, 0.6) is 0 Å².